The molecule has 2 amide bonds. The van der Waals surface area contributed by atoms with Gasteiger partial charge in [-0.3, -0.25) is 0 Å². The lowest BCUT2D eigenvalue weighted by Gasteiger charge is -2.34. The standard InChI is InChI=1S/C21H21F3N4O4/c1-11(27-20(25)29)9-30-14-4-15(22)18(26-8-14)19-28-16-3-2-13(5-17(16)32-19)31-10-12-6-21(23,24)7-12/h2-5,8,11-12H,6-7,9-10H2,1H3,(H3,25,27,29). The van der Waals surface area contributed by atoms with Gasteiger partial charge >= 0.3 is 6.03 Å². The molecule has 1 aliphatic carbocycles. The maximum absolute atomic E-state index is 14.6. The van der Waals surface area contributed by atoms with E-state index in [0.29, 0.717) is 16.8 Å². The highest BCUT2D eigenvalue weighted by Crippen LogP contribution is 2.42. The number of ether oxygens (including phenoxy) is 2. The minimum atomic E-state index is -2.59. The number of hydrogen-bond acceptors (Lipinski definition) is 6. The predicted molar refractivity (Wildman–Crippen MR) is 108 cm³/mol. The quantitative estimate of drug-likeness (QED) is 0.539. The van der Waals surface area contributed by atoms with Crippen LogP contribution in [0.2, 0.25) is 0 Å². The number of hydrogen-bond donors (Lipinski definition) is 2. The van der Waals surface area contributed by atoms with Crippen molar-refractivity contribution in [2.45, 2.75) is 31.7 Å². The van der Waals surface area contributed by atoms with E-state index in [0.717, 1.165) is 6.07 Å². The largest absolute Gasteiger partial charge is 0.493 e. The van der Waals surface area contributed by atoms with Crippen molar-refractivity contribution in [3.8, 4) is 23.1 Å². The molecule has 1 fully saturated rings. The van der Waals surface area contributed by atoms with Gasteiger partial charge in [-0.05, 0) is 19.1 Å². The fraction of sp³-hybridized carbons (Fsp3) is 0.381. The van der Waals surface area contributed by atoms with Gasteiger partial charge in [0.2, 0.25) is 11.8 Å². The molecule has 0 saturated heterocycles. The Balaban J connectivity index is 1.42. The Labute approximate surface area is 180 Å². The topological polar surface area (TPSA) is 112 Å². The van der Waals surface area contributed by atoms with Crippen molar-refractivity contribution < 1.29 is 31.9 Å². The molecule has 4 rings (SSSR count). The molecule has 170 valence electrons. The number of urea groups is 1. The second-order valence-corrected chi connectivity index (χ2v) is 7.81. The van der Waals surface area contributed by atoms with Gasteiger partial charge in [0.15, 0.2) is 17.1 Å². The SMILES string of the molecule is CC(COc1cnc(-c2nc3ccc(OCC4CC(F)(F)C4)cc3o2)c(F)c1)NC(N)=O. The van der Waals surface area contributed by atoms with Crippen molar-refractivity contribution in [1.82, 2.24) is 15.3 Å². The van der Waals surface area contributed by atoms with Gasteiger partial charge in [-0.25, -0.2) is 27.9 Å². The number of benzene rings is 1. The van der Waals surface area contributed by atoms with Crippen LogP contribution in [0.25, 0.3) is 22.7 Å². The van der Waals surface area contributed by atoms with E-state index in [1.54, 1.807) is 25.1 Å². The summed E-state index contributed by atoms with van der Waals surface area (Å²) in [6, 6.07) is 4.94. The third-order valence-corrected chi connectivity index (χ3v) is 4.93. The van der Waals surface area contributed by atoms with E-state index in [2.05, 4.69) is 15.3 Å². The first-order chi connectivity index (χ1) is 15.2. The van der Waals surface area contributed by atoms with Gasteiger partial charge in [-0.1, -0.05) is 0 Å². The maximum Gasteiger partial charge on any atom is 0.312 e. The number of rotatable bonds is 8. The number of halogens is 3. The molecule has 2 heterocycles. The summed E-state index contributed by atoms with van der Waals surface area (Å²) >= 11 is 0. The minimum Gasteiger partial charge on any atom is -0.493 e. The van der Waals surface area contributed by atoms with Crippen LogP contribution in [0.3, 0.4) is 0 Å². The monoisotopic (exact) mass is 450 g/mol. The van der Waals surface area contributed by atoms with E-state index < -0.39 is 17.8 Å². The summed E-state index contributed by atoms with van der Waals surface area (Å²) in [6.45, 7) is 1.95. The highest BCUT2D eigenvalue weighted by Gasteiger charge is 2.45. The Morgan fingerprint density at radius 1 is 1.31 bits per heavy atom. The molecule has 0 bridgehead atoms. The summed E-state index contributed by atoms with van der Waals surface area (Å²) < 4.78 is 57.0. The van der Waals surface area contributed by atoms with E-state index in [-0.39, 0.29) is 55.3 Å². The molecule has 1 saturated carbocycles. The van der Waals surface area contributed by atoms with Crippen LogP contribution in [-0.4, -0.2) is 41.2 Å². The van der Waals surface area contributed by atoms with Crippen molar-refractivity contribution >= 4 is 17.1 Å². The van der Waals surface area contributed by atoms with Gasteiger partial charge in [0.25, 0.3) is 0 Å². The summed E-state index contributed by atoms with van der Waals surface area (Å²) in [4.78, 5) is 19.1. The van der Waals surface area contributed by atoms with Crippen LogP contribution < -0.4 is 20.5 Å². The number of carbonyl (C=O) groups excluding carboxylic acids is 1. The number of oxazole rings is 1. The summed E-state index contributed by atoms with van der Waals surface area (Å²) in [5.41, 5.74) is 5.75. The minimum absolute atomic E-state index is 0.0244. The number of primary amides is 1. The Morgan fingerprint density at radius 3 is 2.78 bits per heavy atom. The molecule has 0 aliphatic heterocycles. The predicted octanol–water partition coefficient (Wildman–Crippen LogP) is 3.89. The molecule has 32 heavy (non-hydrogen) atoms. The first-order valence-electron chi connectivity index (χ1n) is 9.94. The molecule has 1 atom stereocenters. The summed E-state index contributed by atoms with van der Waals surface area (Å²) in [6.07, 6.45) is 0.965. The summed E-state index contributed by atoms with van der Waals surface area (Å²) in [5.74, 6) is -2.88. The molecule has 0 spiro atoms. The molecule has 8 nitrogen and oxygen atoms in total. The van der Waals surface area contributed by atoms with E-state index in [9.17, 15) is 18.0 Å². The van der Waals surface area contributed by atoms with E-state index in [4.69, 9.17) is 19.6 Å². The van der Waals surface area contributed by atoms with Crippen LogP contribution in [0.15, 0.2) is 34.9 Å². The third kappa shape index (κ3) is 5.04. The fourth-order valence-electron chi connectivity index (χ4n) is 3.38. The summed E-state index contributed by atoms with van der Waals surface area (Å²) in [5, 5.41) is 2.44. The fourth-order valence-corrected chi connectivity index (χ4v) is 3.38. The van der Waals surface area contributed by atoms with Crippen molar-refractivity contribution in [3.05, 3.63) is 36.3 Å². The zero-order valence-corrected chi connectivity index (χ0v) is 17.1. The zero-order chi connectivity index (χ0) is 22.9. The molecular weight excluding hydrogens is 429 g/mol. The molecule has 0 radical (unpaired) electrons. The number of nitrogens with zero attached hydrogens (tertiary/aromatic N) is 2. The van der Waals surface area contributed by atoms with E-state index in [1.807, 2.05) is 0 Å². The Bertz CT molecular complexity index is 1130. The van der Waals surface area contributed by atoms with Crippen LogP contribution in [-0.2, 0) is 0 Å². The van der Waals surface area contributed by atoms with Gasteiger partial charge < -0.3 is 24.9 Å². The Hall–Kier alpha value is -3.50. The summed E-state index contributed by atoms with van der Waals surface area (Å²) in [7, 11) is 0. The van der Waals surface area contributed by atoms with Crippen LogP contribution in [0.4, 0.5) is 18.0 Å². The van der Waals surface area contributed by atoms with Gasteiger partial charge in [0.1, 0.15) is 23.6 Å². The lowest BCUT2D eigenvalue weighted by Crippen LogP contribution is -2.40. The maximum atomic E-state index is 14.6. The number of fused-ring (bicyclic) bond motifs is 1. The molecule has 1 aliphatic rings. The second-order valence-electron chi connectivity index (χ2n) is 7.81. The molecule has 11 heteroatoms. The van der Waals surface area contributed by atoms with Crippen molar-refractivity contribution in [2.75, 3.05) is 13.2 Å². The molecule has 1 unspecified atom stereocenters. The highest BCUT2D eigenvalue weighted by atomic mass is 19.3. The van der Waals surface area contributed by atoms with Crippen LogP contribution in [0.5, 0.6) is 11.5 Å². The highest BCUT2D eigenvalue weighted by molar-refractivity contribution is 5.77. The van der Waals surface area contributed by atoms with E-state index >= 15 is 0 Å². The number of nitrogens with two attached hydrogens (primary N) is 1. The normalized spacial score (nSPS) is 16.4. The van der Waals surface area contributed by atoms with Crippen LogP contribution in [0, 0.1) is 11.7 Å². The molecule has 3 N–H and O–H groups in total. The first-order valence-corrected chi connectivity index (χ1v) is 9.94. The van der Waals surface area contributed by atoms with Crippen LogP contribution in [0.1, 0.15) is 19.8 Å². The Kier molecular flexibility index (Phi) is 5.81. The van der Waals surface area contributed by atoms with Gasteiger partial charge in [-0.2, -0.15) is 0 Å². The average molecular weight is 450 g/mol. The number of pyridine rings is 1. The molecule has 3 aromatic rings. The Morgan fingerprint density at radius 2 is 2.09 bits per heavy atom. The number of alkyl halides is 2. The molecular formula is C21H21F3N4O4. The molecule has 1 aromatic carbocycles. The van der Waals surface area contributed by atoms with Crippen molar-refractivity contribution in [2.24, 2.45) is 11.7 Å². The smallest absolute Gasteiger partial charge is 0.312 e. The van der Waals surface area contributed by atoms with E-state index in [1.165, 1.54) is 6.20 Å². The average Bonchev–Trinajstić information content (AvgIpc) is 3.11. The van der Waals surface area contributed by atoms with Crippen molar-refractivity contribution in [3.63, 3.8) is 0 Å². The van der Waals surface area contributed by atoms with Gasteiger partial charge in [0, 0.05) is 30.9 Å². The first kappa shape index (κ1) is 21.7. The van der Waals surface area contributed by atoms with Gasteiger partial charge in [0.05, 0.1) is 18.8 Å². The third-order valence-electron chi connectivity index (χ3n) is 4.93. The van der Waals surface area contributed by atoms with Gasteiger partial charge in [-0.15, -0.1) is 0 Å². The van der Waals surface area contributed by atoms with Crippen molar-refractivity contribution in [1.29, 1.82) is 0 Å². The molecule has 2 aromatic heterocycles. The number of carbonyl (C=O) groups is 1. The lowest BCUT2D eigenvalue weighted by atomic mass is 9.82. The number of aromatic nitrogens is 2. The van der Waals surface area contributed by atoms with Crippen LogP contribution >= 0.6 is 0 Å². The number of amides is 2. The second kappa shape index (κ2) is 8.56. The number of nitrogens with one attached hydrogen (secondary N) is 1. The lowest BCUT2D eigenvalue weighted by molar-refractivity contribution is -0.119. The zero-order valence-electron chi connectivity index (χ0n) is 17.1.